The van der Waals surface area contributed by atoms with E-state index in [-0.39, 0.29) is 11.7 Å². The van der Waals surface area contributed by atoms with Gasteiger partial charge < -0.3 is 5.32 Å². The van der Waals surface area contributed by atoms with Crippen molar-refractivity contribution in [1.82, 2.24) is 10.3 Å². The fraction of sp³-hybridized carbons (Fsp3) is 0.0952. The van der Waals surface area contributed by atoms with Gasteiger partial charge >= 0.3 is 0 Å². The minimum atomic E-state index is -0.288. The molecule has 1 aliphatic heterocycles. The second-order valence-corrected chi connectivity index (χ2v) is 7.48. The SMILES string of the molecule is CCc1cccc(N2C(=O)/C(=C\c3csc(-c4ccc(F)cc4)n3)NC2=S)c1. The summed E-state index contributed by atoms with van der Waals surface area (Å²) in [5.74, 6) is -0.501. The summed E-state index contributed by atoms with van der Waals surface area (Å²) in [6.07, 6.45) is 2.56. The summed E-state index contributed by atoms with van der Waals surface area (Å²) >= 11 is 6.80. The van der Waals surface area contributed by atoms with Crippen molar-refractivity contribution in [3.63, 3.8) is 0 Å². The Morgan fingerprint density at radius 2 is 2.04 bits per heavy atom. The lowest BCUT2D eigenvalue weighted by Crippen LogP contribution is -2.30. The molecule has 7 heteroatoms. The molecule has 140 valence electrons. The minimum absolute atomic E-state index is 0.213. The topological polar surface area (TPSA) is 45.2 Å². The first kappa shape index (κ1) is 18.5. The molecule has 1 N–H and O–H groups in total. The summed E-state index contributed by atoms with van der Waals surface area (Å²) in [4.78, 5) is 18.9. The van der Waals surface area contributed by atoms with E-state index < -0.39 is 0 Å². The number of hydrogen-bond acceptors (Lipinski definition) is 4. The van der Waals surface area contributed by atoms with Crippen molar-refractivity contribution in [1.29, 1.82) is 0 Å². The smallest absolute Gasteiger partial charge is 0.281 e. The second-order valence-electron chi connectivity index (χ2n) is 6.24. The molecule has 2 aromatic carbocycles. The Bertz CT molecular complexity index is 1090. The lowest BCUT2D eigenvalue weighted by molar-refractivity contribution is -0.113. The standard InChI is InChI=1S/C21H16FN3OS2/c1-2-13-4-3-5-17(10-13)25-20(26)18(24-21(25)27)11-16-12-28-19(23-16)14-6-8-15(22)9-7-14/h3-12H,2H2,1H3,(H,24,27)/b18-11+. The van der Waals surface area contributed by atoms with Crippen LogP contribution in [0.1, 0.15) is 18.2 Å². The van der Waals surface area contributed by atoms with E-state index >= 15 is 0 Å². The zero-order chi connectivity index (χ0) is 19.7. The molecule has 28 heavy (non-hydrogen) atoms. The van der Waals surface area contributed by atoms with E-state index in [4.69, 9.17) is 12.2 Å². The summed E-state index contributed by atoms with van der Waals surface area (Å²) in [7, 11) is 0. The van der Waals surface area contributed by atoms with Crippen LogP contribution >= 0.6 is 23.6 Å². The Hall–Kier alpha value is -2.90. The van der Waals surface area contributed by atoms with Crippen LogP contribution in [-0.2, 0) is 11.2 Å². The Balaban J connectivity index is 1.60. The Morgan fingerprint density at radius 1 is 1.25 bits per heavy atom. The zero-order valence-electron chi connectivity index (χ0n) is 15.0. The van der Waals surface area contributed by atoms with E-state index in [9.17, 15) is 9.18 Å². The first-order valence-electron chi connectivity index (χ1n) is 8.72. The molecule has 1 aromatic heterocycles. The highest BCUT2D eigenvalue weighted by molar-refractivity contribution is 7.80. The highest BCUT2D eigenvalue weighted by Crippen LogP contribution is 2.27. The number of benzene rings is 2. The normalized spacial score (nSPS) is 15.4. The molecule has 0 atom stereocenters. The van der Waals surface area contributed by atoms with Gasteiger partial charge in [0.15, 0.2) is 5.11 Å². The molecule has 1 aliphatic rings. The summed E-state index contributed by atoms with van der Waals surface area (Å²) in [6, 6.07) is 13.9. The number of nitrogens with one attached hydrogen (secondary N) is 1. The number of carbonyl (C=O) groups excluding carboxylic acids is 1. The van der Waals surface area contributed by atoms with Crippen molar-refractivity contribution in [3.05, 3.63) is 76.7 Å². The number of carbonyl (C=O) groups is 1. The molecular formula is C21H16FN3OS2. The van der Waals surface area contributed by atoms with Gasteiger partial charge in [0.25, 0.3) is 5.91 Å². The van der Waals surface area contributed by atoms with Crippen LogP contribution in [0.2, 0.25) is 0 Å². The average molecular weight is 410 g/mol. The number of aromatic nitrogens is 1. The van der Waals surface area contributed by atoms with Crippen molar-refractivity contribution in [2.45, 2.75) is 13.3 Å². The third kappa shape index (κ3) is 3.58. The van der Waals surface area contributed by atoms with E-state index in [0.717, 1.165) is 28.2 Å². The quantitative estimate of drug-likeness (QED) is 0.498. The molecule has 2 heterocycles. The van der Waals surface area contributed by atoms with Crippen molar-refractivity contribution in [2.75, 3.05) is 4.90 Å². The van der Waals surface area contributed by atoms with Crippen LogP contribution in [0.25, 0.3) is 16.6 Å². The predicted octanol–water partition coefficient (Wildman–Crippen LogP) is 4.77. The van der Waals surface area contributed by atoms with E-state index in [0.29, 0.717) is 16.5 Å². The van der Waals surface area contributed by atoms with Crippen LogP contribution in [0, 0.1) is 5.82 Å². The fourth-order valence-corrected chi connectivity index (χ4v) is 3.99. The van der Waals surface area contributed by atoms with Gasteiger partial charge in [-0.1, -0.05) is 19.1 Å². The molecule has 4 nitrogen and oxygen atoms in total. The summed E-state index contributed by atoms with van der Waals surface area (Å²) < 4.78 is 13.1. The van der Waals surface area contributed by atoms with Crippen molar-refractivity contribution < 1.29 is 9.18 Å². The molecular weight excluding hydrogens is 393 g/mol. The number of anilines is 1. The second kappa shape index (κ2) is 7.61. The monoisotopic (exact) mass is 409 g/mol. The number of thiazole rings is 1. The van der Waals surface area contributed by atoms with Crippen LogP contribution in [0.3, 0.4) is 0 Å². The van der Waals surface area contributed by atoms with Crippen molar-refractivity contribution in [2.24, 2.45) is 0 Å². The van der Waals surface area contributed by atoms with Gasteiger partial charge in [-0.2, -0.15) is 0 Å². The minimum Gasteiger partial charge on any atom is -0.327 e. The zero-order valence-corrected chi connectivity index (χ0v) is 16.6. The van der Waals surface area contributed by atoms with Gasteiger partial charge in [-0.3, -0.25) is 9.69 Å². The summed E-state index contributed by atoms with van der Waals surface area (Å²) in [6.45, 7) is 2.06. The van der Waals surface area contributed by atoms with Crippen LogP contribution in [0.4, 0.5) is 10.1 Å². The number of nitrogens with zero attached hydrogens (tertiary/aromatic N) is 2. The van der Waals surface area contributed by atoms with Gasteiger partial charge in [-0.15, -0.1) is 11.3 Å². The molecule has 0 saturated carbocycles. The number of hydrogen-bond donors (Lipinski definition) is 1. The highest BCUT2D eigenvalue weighted by Gasteiger charge is 2.32. The number of thiocarbonyl (C=S) groups is 1. The lowest BCUT2D eigenvalue weighted by Gasteiger charge is -2.14. The van der Waals surface area contributed by atoms with Crippen LogP contribution in [0.5, 0.6) is 0 Å². The predicted molar refractivity (Wildman–Crippen MR) is 115 cm³/mol. The van der Waals surface area contributed by atoms with E-state index in [1.54, 1.807) is 18.2 Å². The maximum absolute atomic E-state index is 13.1. The molecule has 0 unspecified atom stereocenters. The van der Waals surface area contributed by atoms with Gasteiger partial charge in [-0.25, -0.2) is 9.37 Å². The van der Waals surface area contributed by atoms with Crippen LogP contribution in [0.15, 0.2) is 59.6 Å². The van der Waals surface area contributed by atoms with Crippen LogP contribution in [-0.4, -0.2) is 16.0 Å². The molecule has 0 spiro atoms. The molecule has 0 radical (unpaired) electrons. The molecule has 1 saturated heterocycles. The molecule has 3 aromatic rings. The number of aryl methyl sites for hydroxylation is 1. The third-order valence-electron chi connectivity index (χ3n) is 4.36. The number of halogens is 1. The molecule has 0 aliphatic carbocycles. The van der Waals surface area contributed by atoms with Gasteiger partial charge in [0.05, 0.1) is 11.4 Å². The van der Waals surface area contributed by atoms with E-state index in [2.05, 4.69) is 17.2 Å². The average Bonchev–Trinajstić information content (AvgIpc) is 3.27. The molecule has 4 rings (SSSR count). The van der Waals surface area contributed by atoms with Gasteiger partial charge in [0.2, 0.25) is 0 Å². The highest BCUT2D eigenvalue weighted by atomic mass is 32.1. The van der Waals surface area contributed by atoms with Crippen LogP contribution < -0.4 is 10.2 Å². The largest absolute Gasteiger partial charge is 0.327 e. The summed E-state index contributed by atoms with van der Waals surface area (Å²) in [5, 5.41) is 5.93. The Kier molecular flexibility index (Phi) is 5.02. The third-order valence-corrected chi connectivity index (χ3v) is 5.55. The Labute approximate surface area is 171 Å². The Morgan fingerprint density at radius 3 is 2.79 bits per heavy atom. The number of amides is 1. The molecule has 1 fully saturated rings. The maximum atomic E-state index is 13.1. The molecule has 0 bridgehead atoms. The fourth-order valence-electron chi connectivity index (χ4n) is 2.91. The lowest BCUT2D eigenvalue weighted by atomic mass is 10.1. The summed E-state index contributed by atoms with van der Waals surface area (Å²) in [5.41, 5.74) is 3.73. The van der Waals surface area contributed by atoms with Crippen molar-refractivity contribution in [3.8, 4) is 10.6 Å². The first-order chi connectivity index (χ1) is 13.5. The van der Waals surface area contributed by atoms with Gasteiger partial charge in [0, 0.05) is 10.9 Å². The molecule has 1 amide bonds. The van der Waals surface area contributed by atoms with Crippen molar-refractivity contribution >= 4 is 46.3 Å². The number of rotatable bonds is 4. The maximum Gasteiger partial charge on any atom is 0.281 e. The van der Waals surface area contributed by atoms with Gasteiger partial charge in [-0.05, 0) is 66.7 Å². The van der Waals surface area contributed by atoms with Gasteiger partial charge in [0.1, 0.15) is 16.5 Å². The first-order valence-corrected chi connectivity index (χ1v) is 10.0. The van der Waals surface area contributed by atoms with E-state index in [1.807, 2.05) is 29.6 Å². The van der Waals surface area contributed by atoms with E-state index in [1.165, 1.54) is 28.4 Å².